The molecule has 1 aromatic carbocycles. The maximum absolute atomic E-state index is 15.4. The van der Waals surface area contributed by atoms with Crippen LogP contribution in [-0.2, 0) is 11.8 Å². The van der Waals surface area contributed by atoms with Gasteiger partial charge in [0, 0.05) is 69.0 Å². The molecular formula is C26H36ClFN6O. The molecule has 6 rings (SSSR count). The van der Waals surface area contributed by atoms with Gasteiger partial charge in [0.2, 0.25) is 0 Å². The second-order valence-electron chi connectivity index (χ2n) is 10.8. The SMILES string of the molecule is Cc1nnn(C)c1C1CNC2C3CC(Cl)NCC3N([C@H](c3ccccc3F)C3CCOCC3)C2C1. The van der Waals surface area contributed by atoms with E-state index in [1.54, 1.807) is 12.1 Å². The highest BCUT2D eigenvalue weighted by Gasteiger charge is 2.56. The normalized spacial score (nSPS) is 35.0. The predicted octanol–water partition coefficient (Wildman–Crippen LogP) is 3.10. The highest BCUT2D eigenvalue weighted by Crippen LogP contribution is 2.49. The van der Waals surface area contributed by atoms with Gasteiger partial charge in [-0.3, -0.25) is 14.9 Å². The highest BCUT2D eigenvalue weighted by atomic mass is 35.5. The van der Waals surface area contributed by atoms with Crippen LogP contribution >= 0.6 is 11.6 Å². The largest absolute Gasteiger partial charge is 0.381 e. The van der Waals surface area contributed by atoms with E-state index in [1.165, 1.54) is 5.69 Å². The van der Waals surface area contributed by atoms with Crippen molar-refractivity contribution in [2.75, 3.05) is 26.3 Å². The minimum Gasteiger partial charge on any atom is -0.381 e. The van der Waals surface area contributed by atoms with Crippen molar-refractivity contribution in [3.8, 4) is 0 Å². The van der Waals surface area contributed by atoms with Gasteiger partial charge in [-0.25, -0.2) is 4.39 Å². The Balaban J connectivity index is 1.42. The molecule has 4 aliphatic rings. The lowest BCUT2D eigenvalue weighted by molar-refractivity contribution is -0.00285. The smallest absolute Gasteiger partial charge is 0.127 e. The fraction of sp³-hybridized carbons (Fsp3) is 0.692. The number of nitrogens with zero attached hydrogens (tertiary/aromatic N) is 4. The van der Waals surface area contributed by atoms with Crippen molar-refractivity contribution in [3.63, 3.8) is 0 Å². The van der Waals surface area contributed by atoms with E-state index < -0.39 is 0 Å². The summed E-state index contributed by atoms with van der Waals surface area (Å²) in [6.45, 7) is 5.27. The van der Waals surface area contributed by atoms with Crippen molar-refractivity contribution >= 4 is 11.6 Å². The summed E-state index contributed by atoms with van der Waals surface area (Å²) in [5.74, 6) is 1.00. The van der Waals surface area contributed by atoms with Crippen LogP contribution in [0.4, 0.5) is 4.39 Å². The van der Waals surface area contributed by atoms with Gasteiger partial charge in [0.15, 0.2) is 0 Å². The van der Waals surface area contributed by atoms with Crippen molar-refractivity contribution in [1.29, 1.82) is 0 Å². The highest BCUT2D eigenvalue weighted by molar-refractivity contribution is 6.20. The van der Waals surface area contributed by atoms with Gasteiger partial charge >= 0.3 is 0 Å². The molecule has 5 heterocycles. The van der Waals surface area contributed by atoms with Gasteiger partial charge in [-0.1, -0.05) is 23.4 Å². The van der Waals surface area contributed by atoms with Crippen molar-refractivity contribution in [1.82, 2.24) is 30.5 Å². The predicted molar refractivity (Wildman–Crippen MR) is 133 cm³/mol. The van der Waals surface area contributed by atoms with Gasteiger partial charge in [0.1, 0.15) is 5.82 Å². The molecule has 4 fully saturated rings. The molecule has 35 heavy (non-hydrogen) atoms. The first-order valence-corrected chi connectivity index (χ1v) is 13.5. The molecule has 4 aliphatic heterocycles. The van der Waals surface area contributed by atoms with Gasteiger partial charge in [0.25, 0.3) is 0 Å². The summed E-state index contributed by atoms with van der Waals surface area (Å²) in [4.78, 5) is 2.69. The van der Waals surface area contributed by atoms with Crippen LogP contribution in [0.5, 0.6) is 0 Å². The van der Waals surface area contributed by atoms with E-state index in [4.69, 9.17) is 16.3 Å². The summed E-state index contributed by atoms with van der Waals surface area (Å²) in [5.41, 5.74) is 3.01. The van der Waals surface area contributed by atoms with Crippen LogP contribution in [0, 0.1) is 24.6 Å². The number of fused-ring (bicyclic) bond motifs is 3. The van der Waals surface area contributed by atoms with E-state index in [-0.39, 0.29) is 23.4 Å². The number of piperidine rings is 2. The molecule has 0 radical (unpaired) electrons. The second kappa shape index (κ2) is 9.71. The maximum Gasteiger partial charge on any atom is 0.127 e. The van der Waals surface area contributed by atoms with Crippen molar-refractivity contribution in [3.05, 3.63) is 47.0 Å². The fourth-order valence-corrected chi connectivity index (χ4v) is 7.87. The first-order chi connectivity index (χ1) is 17.0. The van der Waals surface area contributed by atoms with Crippen LogP contribution in [-0.4, -0.2) is 69.8 Å². The Hall–Kier alpha value is -1.58. The number of hydrogen-bond acceptors (Lipinski definition) is 6. The number of aryl methyl sites for hydroxylation is 2. The summed E-state index contributed by atoms with van der Waals surface area (Å²) in [6.07, 6.45) is 3.84. The number of aromatic nitrogens is 3. The van der Waals surface area contributed by atoms with E-state index in [0.717, 1.165) is 63.2 Å². The Morgan fingerprint density at radius 2 is 1.91 bits per heavy atom. The first kappa shape index (κ1) is 23.8. The minimum absolute atomic E-state index is 0.0163. The molecule has 0 amide bonds. The quantitative estimate of drug-likeness (QED) is 0.494. The van der Waals surface area contributed by atoms with Crippen LogP contribution in [0.15, 0.2) is 24.3 Å². The van der Waals surface area contributed by atoms with Gasteiger partial charge in [-0.15, -0.1) is 16.7 Å². The summed E-state index contributed by atoms with van der Waals surface area (Å²) in [6, 6.07) is 8.35. The average molecular weight is 503 g/mol. The number of rotatable bonds is 4. The third-order valence-corrected chi connectivity index (χ3v) is 9.31. The van der Waals surface area contributed by atoms with Crippen LogP contribution in [0.25, 0.3) is 0 Å². The van der Waals surface area contributed by atoms with E-state index >= 15 is 4.39 Å². The molecule has 9 heteroatoms. The third kappa shape index (κ3) is 4.21. The zero-order valence-corrected chi connectivity index (χ0v) is 21.3. The number of hydrogen-bond donors (Lipinski definition) is 2. The number of likely N-dealkylation sites (tertiary alicyclic amines) is 1. The number of ether oxygens (including phenoxy) is 1. The van der Waals surface area contributed by atoms with Crippen molar-refractivity contribution < 1.29 is 9.13 Å². The van der Waals surface area contributed by atoms with E-state index in [9.17, 15) is 0 Å². The average Bonchev–Trinajstić information content (AvgIpc) is 3.37. The third-order valence-electron chi connectivity index (χ3n) is 8.98. The van der Waals surface area contributed by atoms with Crippen LogP contribution in [0.1, 0.15) is 54.6 Å². The summed E-state index contributed by atoms with van der Waals surface area (Å²) in [5, 5.41) is 16.1. The molecule has 0 spiro atoms. The zero-order valence-electron chi connectivity index (χ0n) is 20.5. The van der Waals surface area contributed by atoms with Gasteiger partial charge < -0.3 is 10.1 Å². The topological polar surface area (TPSA) is 67.2 Å². The molecule has 4 saturated heterocycles. The molecule has 6 unspecified atom stereocenters. The molecule has 2 aromatic rings. The van der Waals surface area contributed by atoms with Crippen LogP contribution < -0.4 is 10.6 Å². The zero-order chi connectivity index (χ0) is 24.1. The second-order valence-corrected chi connectivity index (χ2v) is 11.4. The summed E-state index contributed by atoms with van der Waals surface area (Å²) >= 11 is 6.63. The molecule has 2 N–H and O–H groups in total. The molecule has 0 saturated carbocycles. The van der Waals surface area contributed by atoms with E-state index in [0.29, 0.717) is 29.8 Å². The lowest BCUT2D eigenvalue weighted by atomic mass is 9.81. The van der Waals surface area contributed by atoms with E-state index in [2.05, 4.69) is 25.8 Å². The Kier molecular flexibility index (Phi) is 6.60. The molecule has 1 aromatic heterocycles. The Morgan fingerprint density at radius 1 is 1.11 bits per heavy atom. The van der Waals surface area contributed by atoms with Crippen molar-refractivity contribution in [2.24, 2.45) is 18.9 Å². The molecular weight excluding hydrogens is 467 g/mol. The Morgan fingerprint density at radius 3 is 2.66 bits per heavy atom. The number of nitrogens with one attached hydrogen (secondary N) is 2. The molecule has 0 bridgehead atoms. The number of alkyl halides is 1. The van der Waals surface area contributed by atoms with Gasteiger partial charge in [-0.2, -0.15) is 0 Å². The Labute approximate surface area is 211 Å². The summed E-state index contributed by atoms with van der Waals surface area (Å²) < 4.78 is 23.1. The van der Waals surface area contributed by atoms with E-state index in [1.807, 2.05) is 30.8 Å². The van der Waals surface area contributed by atoms with Crippen LogP contribution in [0.3, 0.4) is 0 Å². The Bertz CT molecular complexity index is 1030. The molecule has 7 atom stereocenters. The monoisotopic (exact) mass is 502 g/mol. The standard InChI is InChI=1S/C26H36ClFN6O/c1-15-25(33(2)32-31-15)17-11-21-24(30-13-17)19-12-23(27)29-14-22(19)34(21)26(16-7-9-35-10-8-16)18-5-3-4-6-20(18)28/h3-6,16-17,19,21-24,26,29-30H,7-14H2,1-2H3/t17?,19?,21?,22?,23?,24?,26-/m0/s1. The van der Waals surface area contributed by atoms with Gasteiger partial charge in [0.05, 0.1) is 16.9 Å². The lowest BCUT2D eigenvalue weighted by Gasteiger charge is -2.46. The minimum atomic E-state index is -0.102. The van der Waals surface area contributed by atoms with Gasteiger partial charge in [-0.05, 0) is 50.5 Å². The first-order valence-electron chi connectivity index (χ1n) is 13.1. The maximum atomic E-state index is 15.4. The van der Waals surface area contributed by atoms with Crippen LogP contribution in [0.2, 0.25) is 0 Å². The summed E-state index contributed by atoms with van der Waals surface area (Å²) in [7, 11) is 1.99. The van der Waals surface area contributed by atoms with Crippen molar-refractivity contribution in [2.45, 2.75) is 68.2 Å². The molecule has 0 aliphatic carbocycles. The fourth-order valence-electron chi connectivity index (χ4n) is 7.57. The lowest BCUT2D eigenvalue weighted by Crippen LogP contribution is -2.53. The molecule has 190 valence electrons. The number of halogens is 2. The number of benzene rings is 1. The molecule has 7 nitrogen and oxygen atoms in total.